The number of aromatic nitrogens is 1. The molecule has 1 aromatic carbocycles. The fourth-order valence-electron chi connectivity index (χ4n) is 4.37. The molecule has 2 aliphatic carbocycles. The molecule has 1 aromatic heterocycles. The molecule has 0 spiro atoms. The Bertz CT molecular complexity index is 735. The average Bonchev–Trinajstić information content (AvgIpc) is 2.86. The number of oxazole rings is 1. The van der Waals surface area contributed by atoms with Gasteiger partial charge in [-0.1, -0.05) is 6.42 Å². The molecule has 7 heteroatoms. The van der Waals surface area contributed by atoms with Crippen LogP contribution in [0.3, 0.4) is 0 Å². The second kappa shape index (κ2) is 7.94. The first-order chi connectivity index (χ1) is 11.1. The maximum atomic E-state index is 12.6. The van der Waals surface area contributed by atoms with E-state index in [9.17, 15) is 4.79 Å². The van der Waals surface area contributed by atoms with Crippen LogP contribution in [0.1, 0.15) is 38.0 Å². The molecule has 2 unspecified atom stereocenters. The number of nitrogens with zero attached hydrogens (tertiary/aromatic N) is 1. The summed E-state index contributed by atoms with van der Waals surface area (Å²) in [4.78, 5) is 16.9. The fraction of sp³-hybridized carbons (Fsp3) is 0.556. The molecule has 4 rings (SSSR count). The first kappa shape index (κ1) is 20.0. The summed E-state index contributed by atoms with van der Waals surface area (Å²) < 4.78 is 5.53. The summed E-state index contributed by atoms with van der Waals surface area (Å²) >= 11 is 0. The number of carbonyl (C=O) groups is 1. The molecule has 25 heavy (non-hydrogen) atoms. The number of benzene rings is 1. The Balaban J connectivity index is 0.00000113. The molecule has 2 atom stereocenters. The number of halogens is 2. The molecule has 3 N–H and O–H groups in total. The second-order valence-electron chi connectivity index (χ2n) is 7.10. The maximum Gasteiger partial charge on any atom is 0.227 e. The number of fused-ring (bicyclic) bond motifs is 3. The summed E-state index contributed by atoms with van der Waals surface area (Å²) in [6.07, 6.45) is 5.45. The van der Waals surface area contributed by atoms with Crippen LogP contribution >= 0.6 is 24.8 Å². The Morgan fingerprint density at radius 1 is 1.24 bits per heavy atom. The number of hydrogen-bond donors (Lipinski definition) is 2. The van der Waals surface area contributed by atoms with Gasteiger partial charge in [0.05, 0.1) is 0 Å². The number of anilines is 1. The smallest absolute Gasteiger partial charge is 0.227 e. The van der Waals surface area contributed by atoms with Gasteiger partial charge in [0.2, 0.25) is 5.91 Å². The van der Waals surface area contributed by atoms with E-state index in [0.717, 1.165) is 24.0 Å². The number of nitrogens with two attached hydrogens (primary N) is 1. The zero-order chi connectivity index (χ0) is 16.0. The van der Waals surface area contributed by atoms with Crippen LogP contribution in [0.4, 0.5) is 5.69 Å². The standard InChI is InChI=1S/C18H23N3O2.2ClH/c1-10-20-15-6-5-14(9-16(15)23-10)21-18(22)13-7-11-3-2-4-12(8-13)17(11)19;;/h5-6,9,11-13,17H,2-4,7-8,19H2,1H3,(H,21,22);2*1H. The van der Waals surface area contributed by atoms with Crippen LogP contribution in [-0.4, -0.2) is 16.9 Å². The number of amides is 1. The summed E-state index contributed by atoms with van der Waals surface area (Å²) in [5, 5.41) is 3.05. The van der Waals surface area contributed by atoms with Crippen molar-refractivity contribution in [2.24, 2.45) is 23.5 Å². The molecule has 2 fully saturated rings. The number of nitrogens with one attached hydrogen (secondary N) is 1. The third-order valence-electron chi connectivity index (χ3n) is 5.55. The van der Waals surface area contributed by atoms with Crippen molar-refractivity contribution >= 4 is 47.5 Å². The van der Waals surface area contributed by atoms with Crippen molar-refractivity contribution in [3.05, 3.63) is 24.1 Å². The van der Waals surface area contributed by atoms with Gasteiger partial charge in [0.15, 0.2) is 11.5 Å². The highest BCUT2D eigenvalue weighted by Gasteiger charge is 2.40. The van der Waals surface area contributed by atoms with Gasteiger partial charge in [-0.25, -0.2) is 4.98 Å². The lowest BCUT2D eigenvalue weighted by Gasteiger charge is -2.43. The highest BCUT2D eigenvalue weighted by Crippen LogP contribution is 2.42. The zero-order valence-electron chi connectivity index (χ0n) is 14.2. The van der Waals surface area contributed by atoms with Crippen molar-refractivity contribution < 1.29 is 9.21 Å². The van der Waals surface area contributed by atoms with Crippen molar-refractivity contribution in [1.29, 1.82) is 0 Å². The molecule has 2 aromatic rings. The van der Waals surface area contributed by atoms with Crippen molar-refractivity contribution in [3.63, 3.8) is 0 Å². The lowest BCUT2D eigenvalue weighted by molar-refractivity contribution is -0.122. The largest absolute Gasteiger partial charge is 0.441 e. The fourth-order valence-corrected chi connectivity index (χ4v) is 4.37. The minimum Gasteiger partial charge on any atom is -0.441 e. The Morgan fingerprint density at radius 2 is 1.92 bits per heavy atom. The summed E-state index contributed by atoms with van der Waals surface area (Å²) in [6.45, 7) is 1.82. The predicted octanol–water partition coefficient (Wildman–Crippen LogP) is 4.07. The van der Waals surface area contributed by atoms with E-state index in [4.69, 9.17) is 10.2 Å². The van der Waals surface area contributed by atoms with Crippen LogP contribution < -0.4 is 11.1 Å². The van der Waals surface area contributed by atoms with Crippen LogP contribution in [0.15, 0.2) is 22.6 Å². The summed E-state index contributed by atoms with van der Waals surface area (Å²) in [5.74, 6) is 1.86. The molecule has 0 radical (unpaired) electrons. The highest BCUT2D eigenvalue weighted by molar-refractivity contribution is 5.94. The predicted molar refractivity (Wildman–Crippen MR) is 103 cm³/mol. The Morgan fingerprint density at radius 3 is 2.60 bits per heavy atom. The lowest BCUT2D eigenvalue weighted by atomic mass is 9.65. The van der Waals surface area contributed by atoms with E-state index in [1.165, 1.54) is 19.3 Å². The summed E-state index contributed by atoms with van der Waals surface area (Å²) in [7, 11) is 0. The molecular weight excluding hydrogens is 361 g/mol. The quantitative estimate of drug-likeness (QED) is 0.815. The van der Waals surface area contributed by atoms with E-state index >= 15 is 0 Å². The Kier molecular flexibility index (Phi) is 6.35. The third-order valence-corrected chi connectivity index (χ3v) is 5.55. The van der Waals surface area contributed by atoms with E-state index in [2.05, 4.69) is 10.3 Å². The number of hydrogen-bond acceptors (Lipinski definition) is 4. The van der Waals surface area contributed by atoms with Crippen molar-refractivity contribution in [1.82, 2.24) is 4.98 Å². The first-order valence-corrected chi connectivity index (χ1v) is 8.54. The van der Waals surface area contributed by atoms with Crippen LogP contribution in [0, 0.1) is 24.7 Å². The topological polar surface area (TPSA) is 81.2 Å². The number of aryl methyl sites for hydroxylation is 1. The molecule has 2 saturated carbocycles. The molecule has 1 heterocycles. The van der Waals surface area contributed by atoms with Gasteiger partial charge < -0.3 is 15.5 Å². The maximum absolute atomic E-state index is 12.6. The van der Waals surface area contributed by atoms with Crippen LogP contribution in [-0.2, 0) is 4.79 Å². The van der Waals surface area contributed by atoms with Crippen LogP contribution in [0.25, 0.3) is 11.1 Å². The van der Waals surface area contributed by atoms with Crippen molar-refractivity contribution in [2.45, 2.75) is 45.1 Å². The van der Waals surface area contributed by atoms with Gasteiger partial charge in [0, 0.05) is 30.6 Å². The van der Waals surface area contributed by atoms with E-state index in [-0.39, 0.29) is 36.6 Å². The van der Waals surface area contributed by atoms with Crippen molar-refractivity contribution in [2.75, 3.05) is 5.32 Å². The van der Waals surface area contributed by atoms with E-state index in [1.54, 1.807) is 0 Å². The Hall–Kier alpha value is -1.30. The van der Waals surface area contributed by atoms with Gasteiger partial charge >= 0.3 is 0 Å². The molecule has 138 valence electrons. The van der Waals surface area contributed by atoms with Gasteiger partial charge in [-0.05, 0) is 49.7 Å². The zero-order valence-corrected chi connectivity index (χ0v) is 15.9. The lowest BCUT2D eigenvalue weighted by Crippen LogP contribution is -2.48. The molecular formula is C18H25Cl2N3O2. The normalized spacial score (nSPS) is 27.9. The highest BCUT2D eigenvalue weighted by atomic mass is 35.5. The molecule has 0 saturated heterocycles. The van der Waals surface area contributed by atoms with Crippen LogP contribution in [0.2, 0.25) is 0 Å². The van der Waals surface area contributed by atoms with Gasteiger partial charge in [-0.3, -0.25) is 4.79 Å². The average molecular weight is 386 g/mol. The van der Waals surface area contributed by atoms with Gasteiger partial charge in [-0.15, -0.1) is 24.8 Å². The molecule has 1 amide bonds. The van der Waals surface area contributed by atoms with E-state index in [1.807, 2.05) is 25.1 Å². The third kappa shape index (κ3) is 3.94. The second-order valence-corrected chi connectivity index (χ2v) is 7.10. The summed E-state index contributed by atoms with van der Waals surface area (Å²) in [6, 6.07) is 5.91. The van der Waals surface area contributed by atoms with Crippen LogP contribution in [0.5, 0.6) is 0 Å². The number of rotatable bonds is 2. The summed E-state index contributed by atoms with van der Waals surface area (Å²) in [5.41, 5.74) is 8.62. The van der Waals surface area contributed by atoms with E-state index < -0.39 is 0 Å². The van der Waals surface area contributed by atoms with E-state index in [0.29, 0.717) is 29.4 Å². The molecule has 2 bridgehead atoms. The van der Waals surface area contributed by atoms with Gasteiger partial charge in [0.1, 0.15) is 5.52 Å². The molecule has 5 nitrogen and oxygen atoms in total. The van der Waals surface area contributed by atoms with Crippen molar-refractivity contribution in [3.8, 4) is 0 Å². The minimum atomic E-state index is 0. The first-order valence-electron chi connectivity index (χ1n) is 8.54. The molecule has 0 aliphatic heterocycles. The minimum absolute atomic E-state index is 0. The van der Waals surface area contributed by atoms with Gasteiger partial charge in [-0.2, -0.15) is 0 Å². The Labute approximate surface area is 159 Å². The van der Waals surface area contributed by atoms with Gasteiger partial charge in [0.25, 0.3) is 0 Å². The molecule has 2 aliphatic rings. The monoisotopic (exact) mass is 385 g/mol. The number of carbonyl (C=O) groups excluding carboxylic acids is 1. The SMILES string of the molecule is Cc1nc2ccc(NC(=O)C3CC4CCCC(C3)C4N)cc2o1.Cl.Cl.